The highest BCUT2D eigenvalue weighted by Crippen LogP contribution is 2.22. The molecule has 0 radical (unpaired) electrons. The molecule has 0 bridgehead atoms. The summed E-state index contributed by atoms with van der Waals surface area (Å²) in [5.74, 6) is -0.786. The lowest BCUT2D eigenvalue weighted by atomic mass is 9.91. The molecular weight excluding hydrogens is 474 g/mol. The number of aromatic nitrogens is 2. The van der Waals surface area contributed by atoms with Crippen LogP contribution in [0, 0.1) is 5.41 Å². The molecule has 2 aromatic rings. The van der Waals surface area contributed by atoms with Crippen molar-refractivity contribution in [1.82, 2.24) is 15.3 Å². The van der Waals surface area contributed by atoms with Crippen molar-refractivity contribution in [2.24, 2.45) is 21.5 Å². The summed E-state index contributed by atoms with van der Waals surface area (Å²) in [6.07, 6.45) is 5.97. The summed E-state index contributed by atoms with van der Waals surface area (Å²) in [4.78, 5) is 41.2. The van der Waals surface area contributed by atoms with Gasteiger partial charge in [-0.25, -0.2) is 19.8 Å². The maximum atomic E-state index is 12.3. The molecule has 12 nitrogen and oxygen atoms in total. The Bertz CT molecular complexity index is 1190. The van der Waals surface area contributed by atoms with E-state index in [0.29, 0.717) is 24.4 Å². The van der Waals surface area contributed by atoms with Crippen molar-refractivity contribution in [3.63, 3.8) is 0 Å². The van der Waals surface area contributed by atoms with Crippen LogP contribution in [0.2, 0.25) is 0 Å². The van der Waals surface area contributed by atoms with Crippen LogP contribution in [0.15, 0.2) is 52.7 Å². The van der Waals surface area contributed by atoms with E-state index in [1.54, 1.807) is 57.4 Å². The van der Waals surface area contributed by atoms with Crippen molar-refractivity contribution in [2.75, 3.05) is 5.32 Å². The SMILES string of the molecule is CC(C)(C)OC(=O)N[C@H]1CCCC[C@H]1N=C(N)N=C(Nc1cccc(-c2ncccn2)c1)C(=N)C(N)=O. The largest absolute Gasteiger partial charge is 0.444 e. The second-order valence-corrected chi connectivity index (χ2v) is 9.57. The number of anilines is 1. The molecule has 2 atom stereocenters. The van der Waals surface area contributed by atoms with Gasteiger partial charge in [0.05, 0.1) is 12.1 Å². The Hall–Kier alpha value is -4.35. The van der Waals surface area contributed by atoms with Gasteiger partial charge >= 0.3 is 6.09 Å². The summed E-state index contributed by atoms with van der Waals surface area (Å²) in [7, 11) is 0. The molecule has 1 heterocycles. The van der Waals surface area contributed by atoms with Crippen molar-refractivity contribution in [3.8, 4) is 11.4 Å². The van der Waals surface area contributed by atoms with E-state index in [9.17, 15) is 9.59 Å². The minimum absolute atomic E-state index is 0.154. The van der Waals surface area contributed by atoms with Crippen LogP contribution >= 0.6 is 0 Å². The first-order chi connectivity index (χ1) is 17.5. The van der Waals surface area contributed by atoms with Gasteiger partial charge in [-0.2, -0.15) is 4.99 Å². The minimum Gasteiger partial charge on any atom is -0.444 e. The third-order valence-corrected chi connectivity index (χ3v) is 5.39. The molecule has 1 aromatic heterocycles. The Balaban J connectivity index is 1.82. The van der Waals surface area contributed by atoms with Crippen LogP contribution in [-0.4, -0.2) is 57.2 Å². The number of guanidine groups is 1. The average molecular weight is 508 g/mol. The molecule has 0 unspecified atom stereocenters. The van der Waals surface area contributed by atoms with Gasteiger partial charge in [0.1, 0.15) is 5.60 Å². The molecular formula is C25H33N9O3. The Morgan fingerprint density at radius 2 is 1.81 bits per heavy atom. The maximum absolute atomic E-state index is 12.3. The fourth-order valence-corrected chi connectivity index (χ4v) is 3.79. The van der Waals surface area contributed by atoms with Crippen LogP contribution in [0.1, 0.15) is 46.5 Å². The van der Waals surface area contributed by atoms with Crippen molar-refractivity contribution < 1.29 is 14.3 Å². The number of hydrogen-bond acceptors (Lipinski definition) is 7. The highest BCUT2D eigenvalue weighted by atomic mass is 16.6. The van der Waals surface area contributed by atoms with Gasteiger partial charge in [0.2, 0.25) is 5.96 Å². The van der Waals surface area contributed by atoms with Gasteiger partial charge in [0, 0.05) is 23.6 Å². The van der Waals surface area contributed by atoms with Crippen LogP contribution in [-0.2, 0) is 9.53 Å². The van der Waals surface area contributed by atoms with Crippen molar-refractivity contribution in [1.29, 1.82) is 5.41 Å². The predicted octanol–water partition coefficient (Wildman–Crippen LogP) is 2.61. The van der Waals surface area contributed by atoms with Crippen molar-refractivity contribution in [2.45, 2.75) is 64.1 Å². The highest BCUT2D eigenvalue weighted by molar-refractivity contribution is 6.67. The quantitative estimate of drug-likeness (QED) is 0.293. The number of ether oxygens (including phenoxy) is 1. The second-order valence-electron chi connectivity index (χ2n) is 9.57. The second kappa shape index (κ2) is 12.1. The smallest absolute Gasteiger partial charge is 0.407 e. The number of amides is 2. The number of aliphatic imine (C=N–C) groups is 2. The molecule has 3 rings (SSSR count). The normalized spacial score (nSPS) is 18.6. The zero-order valence-electron chi connectivity index (χ0n) is 21.2. The molecule has 1 saturated carbocycles. The summed E-state index contributed by atoms with van der Waals surface area (Å²) >= 11 is 0. The summed E-state index contributed by atoms with van der Waals surface area (Å²) < 4.78 is 5.37. The summed E-state index contributed by atoms with van der Waals surface area (Å²) in [5, 5.41) is 13.9. The summed E-state index contributed by atoms with van der Waals surface area (Å²) in [6, 6.07) is 8.16. The van der Waals surface area contributed by atoms with Gasteiger partial charge < -0.3 is 26.8 Å². The van der Waals surface area contributed by atoms with E-state index >= 15 is 0 Å². The van der Waals surface area contributed by atoms with Gasteiger partial charge in [-0.1, -0.05) is 25.0 Å². The number of nitrogens with zero attached hydrogens (tertiary/aromatic N) is 4. The van der Waals surface area contributed by atoms with Gasteiger partial charge in [-0.05, 0) is 51.8 Å². The highest BCUT2D eigenvalue weighted by Gasteiger charge is 2.28. The molecule has 2 amide bonds. The van der Waals surface area contributed by atoms with Gasteiger partial charge in [-0.15, -0.1) is 0 Å². The summed E-state index contributed by atoms with van der Waals surface area (Å²) in [6.45, 7) is 5.38. The Morgan fingerprint density at radius 1 is 1.11 bits per heavy atom. The van der Waals surface area contributed by atoms with Crippen LogP contribution in [0.4, 0.5) is 10.5 Å². The zero-order valence-corrected chi connectivity index (χ0v) is 21.2. The molecule has 37 heavy (non-hydrogen) atoms. The van der Waals surface area contributed by atoms with Crippen molar-refractivity contribution >= 4 is 35.2 Å². The first-order valence-electron chi connectivity index (χ1n) is 12.0. The Morgan fingerprint density at radius 3 is 2.49 bits per heavy atom. The van der Waals surface area contributed by atoms with Crippen LogP contribution in [0.3, 0.4) is 0 Å². The molecule has 1 fully saturated rings. The number of carbonyl (C=O) groups excluding carboxylic acids is 2. The number of rotatable bonds is 6. The Kier molecular flexibility index (Phi) is 8.88. The van der Waals surface area contributed by atoms with E-state index in [1.165, 1.54) is 0 Å². The third-order valence-electron chi connectivity index (χ3n) is 5.39. The van der Waals surface area contributed by atoms with E-state index in [0.717, 1.165) is 18.4 Å². The van der Waals surface area contributed by atoms with Crippen molar-refractivity contribution in [3.05, 3.63) is 42.7 Å². The van der Waals surface area contributed by atoms with Gasteiger partial charge in [0.25, 0.3) is 5.91 Å². The summed E-state index contributed by atoms with van der Waals surface area (Å²) in [5.41, 5.74) is 11.5. The fraction of sp³-hybridized carbons (Fsp3) is 0.400. The minimum atomic E-state index is -0.983. The molecule has 1 aliphatic carbocycles. The lowest BCUT2D eigenvalue weighted by Gasteiger charge is -2.30. The number of carbonyl (C=O) groups is 2. The monoisotopic (exact) mass is 507 g/mol. The number of benzene rings is 1. The molecule has 1 aromatic carbocycles. The number of alkyl carbamates (subject to hydrolysis) is 1. The van der Waals surface area contributed by atoms with E-state index in [2.05, 4.69) is 30.6 Å². The Labute approximate surface area is 215 Å². The van der Waals surface area contributed by atoms with E-state index < -0.39 is 23.3 Å². The zero-order chi connectivity index (χ0) is 27.0. The average Bonchev–Trinajstić information content (AvgIpc) is 2.84. The standard InChI is InChI=1S/C25H33N9O3/c1-25(2,3)37-24(36)33-18-11-5-4-10-17(18)32-23(28)34-22(19(26)20(27)35)31-16-9-6-8-15(14-16)21-29-12-7-13-30-21/h6-9,12-14,17-18,26H,4-5,10-11H2,1-3H3,(H2,27,35)(H,33,36)(H3,28,31,32,34)/t17-,18+/m1/s1. The third kappa shape index (κ3) is 8.37. The van der Waals surface area contributed by atoms with E-state index in [-0.39, 0.29) is 23.9 Å². The predicted molar refractivity (Wildman–Crippen MR) is 142 cm³/mol. The molecule has 0 aliphatic heterocycles. The lowest BCUT2D eigenvalue weighted by molar-refractivity contribution is -0.111. The number of hydrogen-bond donors (Lipinski definition) is 5. The number of primary amides is 1. The molecule has 0 saturated heterocycles. The number of nitrogens with one attached hydrogen (secondary N) is 3. The molecule has 196 valence electrons. The van der Waals surface area contributed by atoms with E-state index in [4.69, 9.17) is 21.6 Å². The number of nitrogens with two attached hydrogens (primary N) is 2. The van der Waals surface area contributed by atoms with Gasteiger partial charge in [-0.3, -0.25) is 10.2 Å². The first kappa shape index (κ1) is 27.2. The maximum Gasteiger partial charge on any atom is 0.407 e. The molecule has 12 heteroatoms. The van der Waals surface area contributed by atoms with Crippen LogP contribution < -0.4 is 22.1 Å². The van der Waals surface area contributed by atoms with Gasteiger partial charge in [0.15, 0.2) is 17.4 Å². The topological polar surface area (TPSA) is 194 Å². The lowest BCUT2D eigenvalue weighted by Crippen LogP contribution is -2.46. The van der Waals surface area contributed by atoms with Crippen LogP contribution in [0.25, 0.3) is 11.4 Å². The fourth-order valence-electron chi connectivity index (χ4n) is 3.79. The van der Waals surface area contributed by atoms with Crippen LogP contribution in [0.5, 0.6) is 0 Å². The molecule has 7 N–H and O–H groups in total. The first-order valence-corrected chi connectivity index (χ1v) is 12.0. The molecule has 0 spiro atoms. The molecule has 1 aliphatic rings. The van der Waals surface area contributed by atoms with E-state index in [1.807, 2.05) is 6.07 Å². The number of amidine groups is 1.